The number of nitrogens with two attached hydrogens (primary N) is 1. The Morgan fingerprint density at radius 1 is 1.19 bits per heavy atom. The van der Waals surface area contributed by atoms with Gasteiger partial charge in [0.2, 0.25) is 0 Å². The summed E-state index contributed by atoms with van der Waals surface area (Å²) in [6.07, 6.45) is 0. The average molecular weight is 220 g/mol. The van der Waals surface area contributed by atoms with Crippen molar-refractivity contribution in [2.75, 3.05) is 20.0 Å². The lowest BCUT2D eigenvalue weighted by atomic mass is 10.1. The first-order valence-corrected chi connectivity index (χ1v) is 4.70. The second-order valence-electron chi connectivity index (χ2n) is 3.15. The van der Waals surface area contributed by atoms with Crippen LogP contribution < -0.4 is 15.2 Å². The molecule has 1 aromatic heterocycles. The zero-order valence-electron chi connectivity index (χ0n) is 9.06. The summed E-state index contributed by atoms with van der Waals surface area (Å²) >= 11 is 0. The molecule has 0 fully saturated rings. The first kappa shape index (κ1) is 10.4. The van der Waals surface area contributed by atoms with Crippen molar-refractivity contribution in [1.82, 2.24) is 5.16 Å². The monoisotopic (exact) mass is 220 g/mol. The van der Waals surface area contributed by atoms with Gasteiger partial charge in [0.25, 0.3) is 0 Å². The first-order valence-electron chi connectivity index (χ1n) is 4.70. The van der Waals surface area contributed by atoms with Crippen LogP contribution in [0.5, 0.6) is 11.5 Å². The Balaban J connectivity index is 2.60. The summed E-state index contributed by atoms with van der Waals surface area (Å²) < 4.78 is 15.6. The molecule has 0 aliphatic carbocycles. The molecule has 0 unspecified atom stereocenters. The van der Waals surface area contributed by atoms with E-state index in [-0.39, 0.29) is 0 Å². The van der Waals surface area contributed by atoms with Gasteiger partial charge in [0.1, 0.15) is 17.1 Å². The molecule has 0 saturated heterocycles. The lowest BCUT2D eigenvalue weighted by Crippen LogP contribution is -1.91. The standard InChI is InChI=1S/C11H12N2O3/c1-14-7-4-3-5-8(15-2)11(7)9-6-10(12)13-16-9/h3-6H,1-2H3,(H2,12,13). The molecule has 2 N–H and O–H groups in total. The fourth-order valence-electron chi connectivity index (χ4n) is 1.50. The minimum Gasteiger partial charge on any atom is -0.496 e. The van der Waals surface area contributed by atoms with Crippen LogP contribution >= 0.6 is 0 Å². The molecule has 0 aliphatic rings. The quantitative estimate of drug-likeness (QED) is 0.855. The van der Waals surface area contributed by atoms with Gasteiger partial charge in [0.15, 0.2) is 11.6 Å². The Morgan fingerprint density at radius 2 is 1.81 bits per heavy atom. The highest BCUT2D eigenvalue weighted by atomic mass is 16.5. The van der Waals surface area contributed by atoms with Gasteiger partial charge < -0.3 is 19.7 Å². The number of nitrogen functional groups attached to an aromatic ring is 1. The molecular formula is C11H12N2O3. The first-order chi connectivity index (χ1) is 7.76. The summed E-state index contributed by atoms with van der Waals surface area (Å²) in [7, 11) is 3.16. The van der Waals surface area contributed by atoms with Crippen LogP contribution in [-0.2, 0) is 0 Å². The van der Waals surface area contributed by atoms with Crippen LogP contribution in [0.2, 0.25) is 0 Å². The number of nitrogens with zero attached hydrogens (tertiary/aromatic N) is 1. The predicted molar refractivity (Wildman–Crippen MR) is 59.5 cm³/mol. The van der Waals surface area contributed by atoms with Crippen LogP contribution in [0, 0.1) is 0 Å². The average Bonchev–Trinajstić information content (AvgIpc) is 2.74. The smallest absolute Gasteiger partial charge is 0.176 e. The molecule has 5 nitrogen and oxygen atoms in total. The Bertz CT molecular complexity index is 471. The summed E-state index contributed by atoms with van der Waals surface area (Å²) in [5.41, 5.74) is 6.22. The zero-order valence-corrected chi connectivity index (χ0v) is 9.06. The van der Waals surface area contributed by atoms with Crippen molar-refractivity contribution in [3.8, 4) is 22.8 Å². The Kier molecular flexibility index (Phi) is 2.68. The minimum atomic E-state index is 0.322. The maximum absolute atomic E-state index is 5.51. The molecule has 0 saturated carbocycles. The van der Waals surface area contributed by atoms with E-state index in [2.05, 4.69) is 5.16 Å². The molecule has 0 amide bonds. The van der Waals surface area contributed by atoms with Crippen molar-refractivity contribution in [3.05, 3.63) is 24.3 Å². The Labute approximate surface area is 92.8 Å². The highest BCUT2D eigenvalue weighted by molar-refractivity contribution is 5.74. The van der Waals surface area contributed by atoms with Crippen LogP contribution in [-0.4, -0.2) is 19.4 Å². The number of anilines is 1. The SMILES string of the molecule is COc1cccc(OC)c1-c1cc(N)no1. The van der Waals surface area contributed by atoms with Crippen LogP contribution in [0.1, 0.15) is 0 Å². The van der Waals surface area contributed by atoms with Gasteiger partial charge >= 0.3 is 0 Å². The number of ether oxygens (including phenoxy) is 2. The molecule has 0 radical (unpaired) electrons. The van der Waals surface area contributed by atoms with Crippen LogP contribution in [0.4, 0.5) is 5.82 Å². The summed E-state index contributed by atoms with van der Waals surface area (Å²) in [5.74, 6) is 2.14. The number of methoxy groups -OCH3 is 2. The maximum atomic E-state index is 5.51. The second kappa shape index (κ2) is 4.14. The van der Waals surface area contributed by atoms with E-state index in [1.807, 2.05) is 18.2 Å². The van der Waals surface area contributed by atoms with Gasteiger partial charge in [0, 0.05) is 6.07 Å². The highest BCUT2D eigenvalue weighted by Crippen LogP contribution is 2.38. The van der Waals surface area contributed by atoms with Gasteiger partial charge in [0.05, 0.1) is 14.2 Å². The van der Waals surface area contributed by atoms with Gasteiger partial charge in [-0.3, -0.25) is 0 Å². The van der Waals surface area contributed by atoms with Crippen molar-refractivity contribution in [1.29, 1.82) is 0 Å². The molecule has 1 aromatic carbocycles. The molecule has 84 valence electrons. The number of hydrogen-bond acceptors (Lipinski definition) is 5. The topological polar surface area (TPSA) is 70.5 Å². The molecule has 1 heterocycles. The molecule has 0 spiro atoms. The number of benzene rings is 1. The fourth-order valence-corrected chi connectivity index (χ4v) is 1.50. The van der Waals surface area contributed by atoms with E-state index in [0.29, 0.717) is 28.6 Å². The molecule has 2 rings (SSSR count). The molecule has 2 aromatic rings. The Morgan fingerprint density at radius 3 is 2.25 bits per heavy atom. The highest BCUT2D eigenvalue weighted by Gasteiger charge is 2.16. The van der Waals surface area contributed by atoms with Gasteiger partial charge in [-0.2, -0.15) is 0 Å². The third-order valence-electron chi connectivity index (χ3n) is 2.20. The van der Waals surface area contributed by atoms with Gasteiger partial charge in [-0.15, -0.1) is 0 Å². The van der Waals surface area contributed by atoms with Gasteiger partial charge in [-0.25, -0.2) is 0 Å². The normalized spacial score (nSPS) is 10.1. The van der Waals surface area contributed by atoms with E-state index in [0.717, 1.165) is 0 Å². The lowest BCUT2D eigenvalue weighted by Gasteiger charge is -2.09. The molecular weight excluding hydrogens is 208 g/mol. The van der Waals surface area contributed by atoms with Crippen molar-refractivity contribution in [2.45, 2.75) is 0 Å². The maximum Gasteiger partial charge on any atom is 0.176 e. The van der Waals surface area contributed by atoms with E-state index >= 15 is 0 Å². The van der Waals surface area contributed by atoms with Gasteiger partial charge in [-0.05, 0) is 12.1 Å². The summed E-state index contributed by atoms with van der Waals surface area (Å²) in [4.78, 5) is 0. The molecule has 0 atom stereocenters. The zero-order chi connectivity index (χ0) is 11.5. The third-order valence-corrected chi connectivity index (χ3v) is 2.20. The van der Waals surface area contributed by atoms with Crippen molar-refractivity contribution in [3.63, 3.8) is 0 Å². The van der Waals surface area contributed by atoms with Gasteiger partial charge in [-0.1, -0.05) is 11.2 Å². The lowest BCUT2D eigenvalue weighted by molar-refractivity contribution is 0.387. The second-order valence-corrected chi connectivity index (χ2v) is 3.15. The largest absolute Gasteiger partial charge is 0.496 e. The third kappa shape index (κ3) is 1.67. The van der Waals surface area contributed by atoms with Crippen molar-refractivity contribution < 1.29 is 14.0 Å². The van der Waals surface area contributed by atoms with Crippen LogP contribution in [0.15, 0.2) is 28.8 Å². The molecule has 0 aliphatic heterocycles. The van der Waals surface area contributed by atoms with E-state index in [4.69, 9.17) is 19.7 Å². The van der Waals surface area contributed by atoms with Crippen molar-refractivity contribution >= 4 is 5.82 Å². The predicted octanol–water partition coefficient (Wildman–Crippen LogP) is 1.94. The molecule has 5 heteroatoms. The van der Waals surface area contributed by atoms with E-state index in [9.17, 15) is 0 Å². The summed E-state index contributed by atoms with van der Waals surface area (Å²) in [5, 5.41) is 3.64. The number of rotatable bonds is 3. The van der Waals surface area contributed by atoms with E-state index in [1.165, 1.54) is 0 Å². The number of hydrogen-bond donors (Lipinski definition) is 1. The number of aromatic nitrogens is 1. The summed E-state index contributed by atoms with van der Waals surface area (Å²) in [6, 6.07) is 7.09. The van der Waals surface area contributed by atoms with E-state index < -0.39 is 0 Å². The fraction of sp³-hybridized carbons (Fsp3) is 0.182. The van der Waals surface area contributed by atoms with Crippen LogP contribution in [0.25, 0.3) is 11.3 Å². The van der Waals surface area contributed by atoms with E-state index in [1.54, 1.807) is 20.3 Å². The Hall–Kier alpha value is -2.17. The molecule has 16 heavy (non-hydrogen) atoms. The summed E-state index contributed by atoms with van der Waals surface area (Å²) in [6.45, 7) is 0. The van der Waals surface area contributed by atoms with Crippen LogP contribution in [0.3, 0.4) is 0 Å². The molecule has 0 bridgehead atoms. The minimum absolute atomic E-state index is 0.322. The van der Waals surface area contributed by atoms with Crippen molar-refractivity contribution in [2.24, 2.45) is 0 Å².